The molecule has 1 fully saturated rings. The van der Waals surface area contributed by atoms with Crippen LogP contribution in [-0.4, -0.2) is 85.5 Å². The third kappa shape index (κ3) is 4.99. The van der Waals surface area contributed by atoms with Crippen LogP contribution in [0.4, 0.5) is 9.59 Å². The lowest BCUT2D eigenvalue weighted by Gasteiger charge is -2.22. The summed E-state index contributed by atoms with van der Waals surface area (Å²) in [5.74, 6) is -1.29. The number of carboxylic acids is 1. The number of amides is 2. The van der Waals surface area contributed by atoms with Crippen LogP contribution in [0.5, 0.6) is 0 Å². The number of rotatable bonds is 7. The first-order chi connectivity index (χ1) is 16.3. The summed E-state index contributed by atoms with van der Waals surface area (Å²) in [5.41, 5.74) is 4.36. The molecule has 2 aromatic rings. The van der Waals surface area contributed by atoms with E-state index in [4.69, 9.17) is 9.47 Å². The van der Waals surface area contributed by atoms with Crippen molar-refractivity contribution in [3.8, 4) is 11.1 Å². The van der Waals surface area contributed by atoms with E-state index in [1.807, 2.05) is 67.5 Å². The van der Waals surface area contributed by atoms with E-state index in [1.165, 1.54) is 0 Å². The van der Waals surface area contributed by atoms with Crippen LogP contribution in [0.3, 0.4) is 0 Å². The van der Waals surface area contributed by atoms with Crippen LogP contribution in [0.1, 0.15) is 23.5 Å². The number of nitrogens with zero attached hydrogens (tertiary/aromatic N) is 2. The molecular formula is C25H29N3O6. The number of hydrogen-bond donors (Lipinski definition) is 2. The summed E-state index contributed by atoms with van der Waals surface area (Å²) in [4.78, 5) is 39.7. The fourth-order valence-electron chi connectivity index (χ4n) is 4.57. The zero-order valence-electron chi connectivity index (χ0n) is 19.3. The molecule has 2 aromatic carbocycles. The minimum atomic E-state index is -1.16. The highest BCUT2D eigenvalue weighted by Crippen LogP contribution is 2.44. The van der Waals surface area contributed by atoms with Crippen LogP contribution in [0.25, 0.3) is 11.1 Å². The van der Waals surface area contributed by atoms with Gasteiger partial charge in [0, 0.05) is 25.4 Å². The molecule has 2 aliphatic rings. The van der Waals surface area contributed by atoms with Gasteiger partial charge < -0.3 is 24.8 Å². The van der Waals surface area contributed by atoms with Gasteiger partial charge in [0.1, 0.15) is 18.8 Å². The molecule has 1 aliphatic carbocycles. The van der Waals surface area contributed by atoms with Crippen LogP contribution in [0, 0.1) is 0 Å². The molecule has 0 saturated carbocycles. The Hall–Kier alpha value is -3.59. The quantitative estimate of drug-likeness (QED) is 0.645. The number of likely N-dealkylation sites (N-methyl/N-ethyl adjacent to an activating group) is 1. The molecule has 1 heterocycles. The topological polar surface area (TPSA) is 108 Å². The number of aliphatic carboxylic acids is 1. The monoisotopic (exact) mass is 467 g/mol. The van der Waals surface area contributed by atoms with Gasteiger partial charge in [-0.05, 0) is 36.3 Å². The number of hydrogen-bond acceptors (Lipinski definition) is 6. The van der Waals surface area contributed by atoms with Crippen LogP contribution in [0.2, 0.25) is 0 Å². The molecule has 9 nitrogen and oxygen atoms in total. The van der Waals surface area contributed by atoms with Crippen molar-refractivity contribution in [3.05, 3.63) is 59.7 Å². The fourth-order valence-corrected chi connectivity index (χ4v) is 4.57. The molecule has 34 heavy (non-hydrogen) atoms. The molecule has 2 atom stereocenters. The van der Waals surface area contributed by atoms with Crippen LogP contribution in [0.15, 0.2) is 48.5 Å². The van der Waals surface area contributed by atoms with E-state index in [0.717, 1.165) is 27.2 Å². The zero-order chi connectivity index (χ0) is 24.2. The molecule has 0 spiro atoms. The Labute approximate surface area is 198 Å². The minimum absolute atomic E-state index is 0.0145. The minimum Gasteiger partial charge on any atom is -0.480 e. The molecular weight excluding hydrogens is 438 g/mol. The Balaban J connectivity index is 1.38. The van der Waals surface area contributed by atoms with Gasteiger partial charge in [-0.15, -0.1) is 0 Å². The number of likely N-dealkylation sites (tertiary alicyclic amines) is 1. The molecule has 0 unspecified atom stereocenters. The number of ether oxygens (including phenoxy) is 2. The van der Waals surface area contributed by atoms with Gasteiger partial charge in [0.15, 0.2) is 0 Å². The lowest BCUT2D eigenvalue weighted by atomic mass is 9.98. The predicted octanol–water partition coefficient (Wildman–Crippen LogP) is 2.75. The third-order valence-corrected chi connectivity index (χ3v) is 6.22. The highest BCUT2D eigenvalue weighted by molar-refractivity contribution is 5.82. The molecule has 0 aromatic heterocycles. The highest BCUT2D eigenvalue weighted by atomic mass is 16.6. The second-order valence-corrected chi connectivity index (χ2v) is 8.80. The van der Waals surface area contributed by atoms with Crippen molar-refractivity contribution in [1.29, 1.82) is 0 Å². The highest BCUT2D eigenvalue weighted by Gasteiger charge is 2.43. The van der Waals surface area contributed by atoms with E-state index in [2.05, 4.69) is 5.32 Å². The van der Waals surface area contributed by atoms with Gasteiger partial charge in [0.05, 0.1) is 6.54 Å². The zero-order valence-corrected chi connectivity index (χ0v) is 19.3. The first-order valence-corrected chi connectivity index (χ1v) is 11.3. The van der Waals surface area contributed by atoms with E-state index < -0.39 is 30.3 Å². The summed E-state index contributed by atoms with van der Waals surface area (Å²) in [5, 5.41) is 12.2. The van der Waals surface area contributed by atoms with Gasteiger partial charge in [0.2, 0.25) is 0 Å². The van der Waals surface area contributed by atoms with Gasteiger partial charge in [-0.3, -0.25) is 4.90 Å². The van der Waals surface area contributed by atoms with Gasteiger partial charge >= 0.3 is 18.2 Å². The Morgan fingerprint density at radius 2 is 1.68 bits per heavy atom. The number of fused-ring (bicyclic) bond motifs is 3. The second-order valence-electron chi connectivity index (χ2n) is 8.80. The fraction of sp³-hybridized carbons (Fsp3) is 0.400. The van der Waals surface area contributed by atoms with Crippen molar-refractivity contribution in [1.82, 2.24) is 15.1 Å². The van der Waals surface area contributed by atoms with Crippen molar-refractivity contribution >= 4 is 18.2 Å². The first-order valence-electron chi connectivity index (χ1n) is 11.3. The van der Waals surface area contributed by atoms with Gasteiger partial charge in [-0.1, -0.05) is 48.5 Å². The van der Waals surface area contributed by atoms with Crippen molar-refractivity contribution in [2.24, 2.45) is 0 Å². The Morgan fingerprint density at radius 3 is 2.26 bits per heavy atom. The smallest absolute Gasteiger partial charge is 0.410 e. The van der Waals surface area contributed by atoms with E-state index in [-0.39, 0.29) is 25.5 Å². The summed E-state index contributed by atoms with van der Waals surface area (Å²) in [6.07, 6.45) is -2.07. The number of alkyl carbamates (subject to hydrolysis) is 1. The van der Waals surface area contributed by atoms with Crippen molar-refractivity contribution < 1.29 is 29.0 Å². The largest absolute Gasteiger partial charge is 0.480 e. The molecule has 9 heteroatoms. The van der Waals surface area contributed by atoms with Crippen molar-refractivity contribution in [3.63, 3.8) is 0 Å². The predicted molar refractivity (Wildman–Crippen MR) is 125 cm³/mol. The Morgan fingerprint density at radius 1 is 1.06 bits per heavy atom. The summed E-state index contributed by atoms with van der Waals surface area (Å²) in [6, 6.07) is 14.9. The average molecular weight is 468 g/mol. The van der Waals surface area contributed by atoms with Crippen LogP contribution >= 0.6 is 0 Å². The van der Waals surface area contributed by atoms with Gasteiger partial charge in [-0.25, -0.2) is 14.4 Å². The number of nitrogens with one attached hydrogen (secondary N) is 1. The van der Waals surface area contributed by atoms with Crippen molar-refractivity contribution in [2.45, 2.75) is 24.5 Å². The standard InChI is InChI=1S/C25H29N3O6/c1-27(2)12-11-26-24(31)34-16-13-22(23(29)30)28(14-16)25(32)33-15-21-19-9-5-3-7-17(19)18-8-4-6-10-20(18)21/h3-10,16,21-22H,11-15H2,1-2H3,(H,26,31)(H,29,30)/t16-,22+/m1/s1. The summed E-state index contributed by atoms with van der Waals surface area (Å²) in [6.45, 7) is 1.10. The lowest BCUT2D eigenvalue weighted by molar-refractivity contribution is -0.141. The number of benzene rings is 2. The maximum atomic E-state index is 12.9. The molecule has 0 radical (unpaired) electrons. The molecule has 2 amide bonds. The third-order valence-electron chi connectivity index (χ3n) is 6.22. The van der Waals surface area contributed by atoms with Gasteiger partial charge in [-0.2, -0.15) is 0 Å². The average Bonchev–Trinajstić information content (AvgIpc) is 3.37. The summed E-state index contributed by atoms with van der Waals surface area (Å²) >= 11 is 0. The van der Waals surface area contributed by atoms with Gasteiger partial charge in [0.25, 0.3) is 0 Å². The molecule has 2 N–H and O–H groups in total. The molecule has 1 saturated heterocycles. The molecule has 4 rings (SSSR count). The SMILES string of the molecule is CN(C)CCNC(=O)O[C@@H]1C[C@@H](C(=O)O)N(C(=O)OCC2c3ccccc3-c3ccccc32)C1. The van der Waals surface area contributed by atoms with E-state index in [0.29, 0.717) is 13.1 Å². The number of carboxylic acid groups (broad SMARTS) is 1. The number of carbonyl (C=O) groups is 3. The maximum Gasteiger partial charge on any atom is 0.410 e. The Kier molecular flexibility index (Phi) is 7.02. The van der Waals surface area contributed by atoms with Crippen molar-refractivity contribution in [2.75, 3.05) is 40.3 Å². The summed E-state index contributed by atoms with van der Waals surface area (Å²) in [7, 11) is 3.77. The molecule has 180 valence electrons. The number of carbonyl (C=O) groups excluding carboxylic acids is 2. The maximum absolute atomic E-state index is 12.9. The van der Waals surface area contributed by atoms with E-state index >= 15 is 0 Å². The molecule has 1 aliphatic heterocycles. The van der Waals surface area contributed by atoms with E-state index in [9.17, 15) is 19.5 Å². The lowest BCUT2D eigenvalue weighted by Crippen LogP contribution is -2.41. The molecule has 0 bridgehead atoms. The van der Waals surface area contributed by atoms with Crippen LogP contribution in [-0.2, 0) is 14.3 Å². The Bertz CT molecular complexity index is 1030. The van der Waals surface area contributed by atoms with E-state index in [1.54, 1.807) is 0 Å². The summed E-state index contributed by atoms with van der Waals surface area (Å²) < 4.78 is 11.0. The second kappa shape index (κ2) is 10.1. The normalized spacial score (nSPS) is 19.0. The first kappa shape index (κ1) is 23.6. The van der Waals surface area contributed by atoms with Crippen LogP contribution < -0.4 is 5.32 Å².